The molecule has 1 unspecified atom stereocenters. The van der Waals surface area contributed by atoms with Crippen LogP contribution in [0, 0.1) is 0 Å². The van der Waals surface area contributed by atoms with E-state index in [4.69, 9.17) is 18.0 Å². The molecule has 0 aliphatic rings. The van der Waals surface area contributed by atoms with E-state index in [2.05, 4.69) is 6.92 Å². The molecule has 118 valence electrons. The van der Waals surface area contributed by atoms with E-state index in [9.17, 15) is 8.42 Å². The second-order valence-corrected chi connectivity index (χ2v) is 7.45. The van der Waals surface area contributed by atoms with Crippen molar-refractivity contribution < 1.29 is 8.42 Å². The summed E-state index contributed by atoms with van der Waals surface area (Å²) >= 11 is 4.92. The fourth-order valence-electron chi connectivity index (χ4n) is 2.04. The highest BCUT2D eigenvalue weighted by Gasteiger charge is 2.27. The fraction of sp³-hybridized carbons (Fsp3) is 0.533. The van der Waals surface area contributed by atoms with Gasteiger partial charge in [0.05, 0.1) is 4.90 Å². The lowest BCUT2D eigenvalue weighted by molar-refractivity contribution is 0.324. The van der Waals surface area contributed by atoms with Gasteiger partial charge in [0.25, 0.3) is 0 Å². The number of hydrogen-bond donors (Lipinski definition) is 1. The molecule has 1 rings (SSSR count). The molecule has 1 atom stereocenters. The summed E-state index contributed by atoms with van der Waals surface area (Å²) < 4.78 is 27.3. The quantitative estimate of drug-likeness (QED) is 0.745. The van der Waals surface area contributed by atoms with Crippen LogP contribution in [-0.4, -0.2) is 30.3 Å². The smallest absolute Gasteiger partial charge is 0.243 e. The maximum atomic E-state index is 12.9. The molecular weight excluding hydrogens is 304 g/mol. The number of benzene rings is 1. The molecule has 0 amide bonds. The summed E-state index contributed by atoms with van der Waals surface area (Å²) in [5, 5.41) is 0. The minimum atomic E-state index is -3.52. The molecule has 6 heteroatoms. The van der Waals surface area contributed by atoms with Crippen LogP contribution in [0.2, 0.25) is 0 Å². The molecule has 0 saturated carbocycles. The van der Waals surface area contributed by atoms with Gasteiger partial charge in [-0.05, 0) is 31.9 Å². The lowest BCUT2D eigenvalue weighted by Gasteiger charge is -2.27. The summed E-state index contributed by atoms with van der Waals surface area (Å²) in [5.41, 5.74) is 6.17. The predicted octanol–water partition coefficient (Wildman–Crippen LogP) is 2.91. The van der Waals surface area contributed by atoms with Crippen molar-refractivity contribution in [3.8, 4) is 0 Å². The first-order chi connectivity index (χ1) is 9.84. The van der Waals surface area contributed by atoms with Crippen LogP contribution < -0.4 is 5.73 Å². The standard InChI is InChI=1S/C15H24N2O2S2/c1-4-6-10-17(12(3)5-2)21(18,19)14-9-7-8-13(11-14)15(16)20/h7-9,11-12H,4-6,10H2,1-3H3,(H2,16,20). The lowest BCUT2D eigenvalue weighted by atomic mass is 10.2. The molecule has 0 fully saturated rings. The Morgan fingerprint density at radius 3 is 2.57 bits per heavy atom. The molecule has 0 bridgehead atoms. The van der Waals surface area contributed by atoms with E-state index in [1.54, 1.807) is 28.6 Å². The van der Waals surface area contributed by atoms with Crippen LogP contribution in [0.25, 0.3) is 0 Å². The van der Waals surface area contributed by atoms with Crippen LogP contribution in [-0.2, 0) is 10.0 Å². The van der Waals surface area contributed by atoms with Crippen LogP contribution in [0.15, 0.2) is 29.2 Å². The molecule has 0 spiro atoms. The molecule has 0 saturated heterocycles. The normalized spacial score (nSPS) is 13.3. The van der Waals surface area contributed by atoms with E-state index in [0.29, 0.717) is 12.1 Å². The SMILES string of the molecule is CCCCN(C(C)CC)S(=O)(=O)c1cccc(C(N)=S)c1. The average Bonchev–Trinajstić information content (AvgIpc) is 2.47. The van der Waals surface area contributed by atoms with Gasteiger partial charge < -0.3 is 5.73 Å². The first kappa shape index (κ1) is 18.1. The second-order valence-electron chi connectivity index (χ2n) is 5.12. The van der Waals surface area contributed by atoms with Crippen LogP contribution in [0.1, 0.15) is 45.6 Å². The maximum absolute atomic E-state index is 12.9. The van der Waals surface area contributed by atoms with E-state index in [1.807, 2.05) is 13.8 Å². The van der Waals surface area contributed by atoms with Gasteiger partial charge in [0.2, 0.25) is 10.0 Å². The average molecular weight is 329 g/mol. The molecule has 0 radical (unpaired) electrons. The Balaban J connectivity index is 3.21. The van der Waals surface area contributed by atoms with Crippen molar-refractivity contribution in [2.75, 3.05) is 6.54 Å². The van der Waals surface area contributed by atoms with Gasteiger partial charge in [-0.2, -0.15) is 4.31 Å². The topological polar surface area (TPSA) is 63.4 Å². The minimum absolute atomic E-state index is 0.0324. The van der Waals surface area contributed by atoms with Crippen LogP contribution >= 0.6 is 12.2 Å². The van der Waals surface area contributed by atoms with Gasteiger partial charge in [0, 0.05) is 18.2 Å². The number of unbranched alkanes of at least 4 members (excludes halogenated alkanes) is 1. The Morgan fingerprint density at radius 2 is 2.05 bits per heavy atom. The Kier molecular flexibility index (Phi) is 6.77. The lowest BCUT2D eigenvalue weighted by Crippen LogP contribution is -2.39. The molecule has 21 heavy (non-hydrogen) atoms. The summed E-state index contributed by atoms with van der Waals surface area (Å²) in [6, 6.07) is 6.52. The largest absolute Gasteiger partial charge is 0.389 e. The van der Waals surface area contributed by atoms with Crippen molar-refractivity contribution in [1.82, 2.24) is 4.31 Å². The van der Waals surface area contributed by atoms with Gasteiger partial charge >= 0.3 is 0 Å². The Bertz CT molecular complexity index is 585. The van der Waals surface area contributed by atoms with Crippen molar-refractivity contribution in [2.24, 2.45) is 5.73 Å². The zero-order valence-corrected chi connectivity index (χ0v) is 14.5. The van der Waals surface area contributed by atoms with E-state index < -0.39 is 10.0 Å². The number of thiocarbonyl (C=S) groups is 1. The van der Waals surface area contributed by atoms with Gasteiger partial charge in [-0.1, -0.05) is 44.6 Å². The molecule has 0 aromatic heterocycles. The first-order valence-electron chi connectivity index (χ1n) is 7.26. The van der Waals surface area contributed by atoms with E-state index in [-0.39, 0.29) is 15.9 Å². The predicted molar refractivity (Wildman–Crippen MR) is 90.9 cm³/mol. The minimum Gasteiger partial charge on any atom is -0.389 e. The summed E-state index contributed by atoms with van der Waals surface area (Å²) in [4.78, 5) is 0.458. The fourth-order valence-corrected chi connectivity index (χ4v) is 3.96. The van der Waals surface area contributed by atoms with Crippen molar-refractivity contribution in [2.45, 2.75) is 51.0 Å². The zero-order valence-electron chi connectivity index (χ0n) is 12.9. The van der Waals surface area contributed by atoms with Crippen molar-refractivity contribution in [3.63, 3.8) is 0 Å². The van der Waals surface area contributed by atoms with Gasteiger partial charge in [-0.3, -0.25) is 0 Å². The van der Waals surface area contributed by atoms with E-state index in [0.717, 1.165) is 19.3 Å². The summed E-state index contributed by atoms with van der Waals surface area (Å²) in [5.74, 6) is 0. The number of nitrogens with two attached hydrogens (primary N) is 1. The molecule has 4 nitrogen and oxygen atoms in total. The third kappa shape index (κ3) is 4.49. The van der Waals surface area contributed by atoms with E-state index in [1.165, 1.54) is 0 Å². The first-order valence-corrected chi connectivity index (χ1v) is 9.11. The Morgan fingerprint density at radius 1 is 1.38 bits per heavy atom. The zero-order chi connectivity index (χ0) is 16.0. The molecule has 0 heterocycles. The van der Waals surface area contributed by atoms with Gasteiger partial charge in [-0.15, -0.1) is 0 Å². The second kappa shape index (κ2) is 7.87. The summed E-state index contributed by atoms with van der Waals surface area (Å²) in [7, 11) is -3.52. The number of hydrogen-bond acceptors (Lipinski definition) is 3. The van der Waals surface area contributed by atoms with Gasteiger partial charge in [0.1, 0.15) is 4.99 Å². The van der Waals surface area contributed by atoms with Gasteiger partial charge in [-0.25, -0.2) is 8.42 Å². The van der Waals surface area contributed by atoms with Crippen molar-refractivity contribution in [1.29, 1.82) is 0 Å². The number of nitrogens with zero attached hydrogens (tertiary/aromatic N) is 1. The Labute approximate surface area is 133 Å². The number of sulfonamides is 1. The Hall–Kier alpha value is -0.980. The molecule has 2 N–H and O–H groups in total. The highest BCUT2D eigenvalue weighted by atomic mass is 32.2. The molecule has 1 aromatic carbocycles. The van der Waals surface area contributed by atoms with Gasteiger partial charge in [0.15, 0.2) is 0 Å². The monoisotopic (exact) mass is 328 g/mol. The highest BCUT2D eigenvalue weighted by Crippen LogP contribution is 2.21. The molecule has 0 aliphatic heterocycles. The third-order valence-corrected chi connectivity index (χ3v) is 5.78. The maximum Gasteiger partial charge on any atom is 0.243 e. The van der Waals surface area contributed by atoms with Crippen LogP contribution in [0.4, 0.5) is 0 Å². The third-order valence-electron chi connectivity index (χ3n) is 3.54. The summed E-state index contributed by atoms with van der Waals surface area (Å²) in [6.45, 7) is 6.51. The van der Waals surface area contributed by atoms with Crippen molar-refractivity contribution in [3.05, 3.63) is 29.8 Å². The van der Waals surface area contributed by atoms with Crippen LogP contribution in [0.3, 0.4) is 0 Å². The molecule has 0 aliphatic carbocycles. The molecular formula is C15H24N2O2S2. The van der Waals surface area contributed by atoms with Crippen LogP contribution in [0.5, 0.6) is 0 Å². The number of rotatable bonds is 8. The molecule has 1 aromatic rings. The van der Waals surface area contributed by atoms with E-state index >= 15 is 0 Å². The highest BCUT2D eigenvalue weighted by molar-refractivity contribution is 7.89. The summed E-state index contributed by atoms with van der Waals surface area (Å²) in [6.07, 6.45) is 2.58. The van der Waals surface area contributed by atoms with Crippen molar-refractivity contribution >= 4 is 27.2 Å².